The van der Waals surface area contributed by atoms with Gasteiger partial charge in [0.1, 0.15) is 0 Å². The van der Waals surface area contributed by atoms with E-state index in [0.717, 1.165) is 98.2 Å². The summed E-state index contributed by atoms with van der Waals surface area (Å²) in [7, 11) is 0. The van der Waals surface area contributed by atoms with Gasteiger partial charge in [-0.2, -0.15) is 0 Å². The first-order valence-corrected chi connectivity index (χ1v) is 14.5. The molecule has 0 spiro atoms. The highest BCUT2D eigenvalue weighted by atomic mass is 16.5. The minimum Gasteiger partial charge on any atom is -0.380 e. The number of hydrogen-bond donors (Lipinski definition) is 0. The van der Waals surface area contributed by atoms with Crippen LogP contribution in [0, 0.1) is 0 Å². The van der Waals surface area contributed by atoms with Crippen molar-refractivity contribution in [3.8, 4) is 0 Å². The van der Waals surface area contributed by atoms with Crippen LogP contribution < -0.4 is 0 Å². The van der Waals surface area contributed by atoms with Crippen LogP contribution in [-0.4, -0.2) is 138 Å². The Bertz CT molecular complexity index is 400. The Labute approximate surface area is 210 Å². The Balaban J connectivity index is 1.19. The smallest absolute Gasteiger partial charge is 0.0593 e. The van der Waals surface area contributed by atoms with Gasteiger partial charge in [-0.3, -0.25) is 0 Å². The van der Waals surface area contributed by atoms with Gasteiger partial charge in [0.15, 0.2) is 0 Å². The van der Waals surface area contributed by atoms with Crippen molar-refractivity contribution in [3.05, 3.63) is 0 Å². The van der Waals surface area contributed by atoms with E-state index in [2.05, 4.69) is 19.6 Å². The first-order valence-electron chi connectivity index (χ1n) is 14.5. The summed E-state index contributed by atoms with van der Waals surface area (Å²) in [6.45, 7) is 19.5. The molecule has 3 aliphatic rings. The van der Waals surface area contributed by atoms with Crippen LogP contribution in [0.1, 0.15) is 57.8 Å². The second kappa shape index (κ2) is 18.9. The standard InChI is InChI=1S/C27H54N4O3/c1-2-11-29(10-1)19-25-32-22-7-16-28(17-8-23-33-26-20-30-12-3-4-13-30)18-9-24-34-27-21-31-14-5-6-15-31/h1-27H2. The van der Waals surface area contributed by atoms with Crippen LogP contribution >= 0.6 is 0 Å². The average Bonchev–Trinajstić information content (AvgIpc) is 3.64. The van der Waals surface area contributed by atoms with Gasteiger partial charge in [0.25, 0.3) is 0 Å². The molecule has 3 aliphatic heterocycles. The van der Waals surface area contributed by atoms with Gasteiger partial charge in [-0.05, 0) is 97.1 Å². The van der Waals surface area contributed by atoms with E-state index in [0.29, 0.717) is 0 Å². The second-order valence-corrected chi connectivity index (χ2v) is 10.4. The molecule has 3 fully saturated rings. The summed E-state index contributed by atoms with van der Waals surface area (Å²) in [4.78, 5) is 10.2. The molecule has 0 saturated carbocycles. The number of nitrogens with zero attached hydrogens (tertiary/aromatic N) is 4. The maximum absolute atomic E-state index is 5.93. The minimum absolute atomic E-state index is 0.878. The lowest BCUT2D eigenvalue weighted by Crippen LogP contribution is -2.30. The highest BCUT2D eigenvalue weighted by molar-refractivity contribution is 4.67. The van der Waals surface area contributed by atoms with Crippen molar-refractivity contribution < 1.29 is 14.2 Å². The van der Waals surface area contributed by atoms with E-state index < -0.39 is 0 Å². The molecule has 0 aromatic rings. The number of ether oxygens (including phenoxy) is 3. The average molecular weight is 483 g/mol. The maximum Gasteiger partial charge on any atom is 0.0593 e. The lowest BCUT2D eigenvalue weighted by molar-refractivity contribution is 0.0825. The van der Waals surface area contributed by atoms with Crippen molar-refractivity contribution >= 4 is 0 Å². The Hall–Kier alpha value is -0.280. The fourth-order valence-electron chi connectivity index (χ4n) is 5.41. The molecule has 3 rings (SSSR count). The summed E-state index contributed by atoms with van der Waals surface area (Å²) in [5.74, 6) is 0. The molecule has 0 atom stereocenters. The van der Waals surface area contributed by atoms with Crippen molar-refractivity contribution in [3.63, 3.8) is 0 Å². The van der Waals surface area contributed by atoms with E-state index in [9.17, 15) is 0 Å². The Morgan fingerprint density at radius 1 is 0.412 bits per heavy atom. The van der Waals surface area contributed by atoms with E-state index in [4.69, 9.17) is 14.2 Å². The van der Waals surface area contributed by atoms with Crippen molar-refractivity contribution in [2.75, 3.05) is 118 Å². The van der Waals surface area contributed by atoms with Crippen LogP contribution in [0.15, 0.2) is 0 Å². The zero-order valence-corrected chi connectivity index (χ0v) is 22.1. The summed E-state index contributed by atoms with van der Waals surface area (Å²) in [6.07, 6.45) is 11.5. The van der Waals surface area contributed by atoms with Crippen molar-refractivity contribution in [2.45, 2.75) is 57.8 Å². The fourth-order valence-corrected chi connectivity index (χ4v) is 5.41. The van der Waals surface area contributed by atoms with Crippen LogP contribution in [0.25, 0.3) is 0 Å². The molecule has 3 heterocycles. The predicted molar refractivity (Wildman–Crippen MR) is 140 cm³/mol. The molecule has 3 saturated heterocycles. The van der Waals surface area contributed by atoms with E-state index in [1.807, 2.05) is 0 Å². The molecule has 0 aliphatic carbocycles. The summed E-state index contributed by atoms with van der Waals surface area (Å²) in [6, 6.07) is 0. The van der Waals surface area contributed by atoms with E-state index >= 15 is 0 Å². The Kier molecular flexibility index (Phi) is 15.7. The summed E-state index contributed by atoms with van der Waals surface area (Å²) >= 11 is 0. The van der Waals surface area contributed by atoms with Gasteiger partial charge in [-0.1, -0.05) is 0 Å². The molecule has 7 heteroatoms. The van der Waals surface area contributed by atoms with Gasteiger partial charge in [0.05, 0.1) is 19.8 Å². The second-order valence-electron chi connectivity index (χ2n) is 10.4. The van der Waals surface area contributed by atoms with Crippen LogP contribution in [0.3, 0.4) is 0 Å². The van der Waals surface area contributed by atoms with Crippen LogP contribution in [0.5, 0.6) is 0 Å². The molecule has 0 radical (unpaired) electrons. The zero-order chi connectivity index (χ0) is 23.5. The molecule has 0 bridgehead atoms. The van der Waals surface area contributed by atoms with E-state index in [1.165, 1.54) is 77.8 Å². The van der Waals surface area contributed by atoms with Gasteiger partial charge < -0.3 is 33.8 Å². The molecule has 0 unspecified atom stereocenters. The van der Waals surface area contributed by atoms with Crippen molar-refractivity contribution in [1.82, 2.24) is 19.6 Å². The fraction of sp³-hybridized carbons (Fsp3) is 1.00. The number of rotatable bonds is 21. The lowest BCUT2D eigenvalue weighted by atomic mass is 10.3. The number of hydrogen-bond acceptors (Lipinski definition) is 7. The monoisotopic (exact) mass is 482 g/mol. The SMILES string of the molecule is C(COCCN1CCCC1)CN(CCCOCCN1CCCC1)CCCOCCN1CCCC1. The van der Waals surface area contributed by atoms with Crippen LogP contribution in [0.4, 0.5) is 0 Å². The quantitative estimate of drug-likeness (QED) is 0.233. The molecule has 7 nitrogen and oxygen atoms in total. The minimum atomic E-state index is 0.878. The Morgan fingerprint density at radius 3 is 1.00 bits per heavy atom. The molecule has 0 aromatic carbocycles. The van der Waals surface area contributed by atoms with Crippen LogP contribution in [-0.2, 0) is 14.2 Å². The van der Waals surface area contributed by atoms with Gasteiger partial charge >= 0.3 is 0 Å². The molecule has 200 valence electrons. The zero-order valence-electron chi connectivity index (χ0n) is 22.1. The molecule has 0 aromatic heterocycles. The predicted octanol–water partition coefficient (Wildman–Crippen LogP) is 2.80. The third-order valence-corrected chi connectivity index (χ3v) is 7.54. The molecule has 34 heavy (non-hydrogen) atoms. The number of likely N-dealkylation sites (tertiary alicyclic amines) is 3. The maximum atomic E-state index is 5.93. The third kappa shape index (κ3) is 13.1. The van der Waals surface area contributed by atoms with Gasteiger partial charge in [-0.15, -0.1) is 0 Å². The van der Waals surface area contributed by atoms with E-state index in [1.54, 1.807) is 0 Å². The van der Waals surface area contributed by atoms with Gasteiger partial charge in [-0.25, -0.2) is 0 Å². The normalized spacial score (nSPS) is 20.4. The molecule has 0 N–H and O–H groups in total. The highest BCUT2D eigenvalue weighted by Crippen LogP contribution is 2.08. The summed E-state index contributed by atoms with van der Waals surface area (Å²) < 4.78 is 17.8. The molecule has 0 amide bonds. The van der Waals surface area contributed by atoms with Gasteiger partial charge in [0, 0.05) is 59.1 Å². The lowest BCUT2D eigenvalue weighted by Gasteiger charge is -2.23. The van der Waals surface area contributed by atoms with Crippen LogP contribution in [0.2, 0.25) is 0 Å². The largest absolute Gasteiger partial charge is 0.380 e. The first kappa shape index (κ1) is 28.3. The summed E-state index contributed by atoms with van der Waals surface area (Å²) in [5, 5.41) is 0. The van der Waals surface area contributed by atoms with Crippen molar-refractivity contribution in [1.29, 1.82) is 0 Å². The summed E-state index contributed by atoms with van der Waals surface area (Å²) in [5.41, 5.74) is 0. The molecular formula is C27H54N4O3. The molecular weight excluding hydrogens is 428 g/mol. The van der Waals surface area contributed by atoms with Gasteiger partial charge in [0.2, 0.25) is 0 Å². The topological polar surface area (TPSA) is 40.6 Å². The first-order chi connectivity index (χ1) is 16.9. The third-order valence-electron chi connectivity index (χ3n) is 7.54. The highest BCUT2D eigenvalue weighted by Gasteiger charge is 2.12. The van der Waals surface area contributed by atoms with Crippen molar-refractivity contribution in [2.24, 2.45) is 0 Å². The Morgan fingerprint density at radius 2 is 0.706 bits per heavy atom. The van der Waals surface area contributed by atoms with E-state index in [-0.39, 0.29) is 0 Å².